The van der Waals surface area contributed by atoms with Gasteiger partial charge in [-0.25, -0.2) is 0 Å². The van der Waals surface area contributed by atoms with Gasteiger partial charge in [-0.05, 0) is 89.6 Å². The molecule has 0 fully saturated rings. The topological polar surface area (TPSA) is 0 Å². The fourth-order valence-electron chi connectivity index (χ4n) is 6.56. The second kappa shape index (κ2) is 8.50. The van der Waals surface area contributed by atoms with Crippen molar-refractivity contribution < 1.29 is 0 Å². The molecule has 0 bridgehead atoms. The first kappa shape index (κ1) is 22.3. The predicted molar refractivity (Wildman–Crippen MR) is 178 cm³/mol. The van der Waals surface area contributed by atoms with Crippen molar-refractivity contribution in [3.05, 3.63) is 133 Å². The molecule has 2 heterocycles. The summed E-state index contributed by atoms with van der Waals surface area (Å²) in [6.45, 7) is 0. The van der Waals surface area contributed by atoms with Gasteiger partial charge < -0.3 is 0 Å². The number of fused-ring (bicyclic) bond motifs is 7. The van der Waals surface area contributed by atoms with E-state index in [-0.39, 0.29) is 0 Å². The normalized spacial score (nSPS) is 12.0. The largest absolute Gasteiger partial charge is 0.144 e. The van der Waals surface area contributed by atoms with Crippen LogP contribution in [0, 0.1) is 0 Å². The molecule has 0 amide bonds. The highest BCUT2D eigenvalue weighted by atomic mass is 32.1. The van der Waals surface area contributed by atoms with Crippen molar-refractivity contribution in [2.24, 2.45) is 0 Å². The molecule has 0 aliphatic carbocycles. The molecular formula is C38H22S2. The van der Waals surface area contributed by atoms with Gasteiger partial charge in [-0.3, -0.25) is 0 Å². The van der Waals surface area contributed by atoms with Crippen molar-refractivity contribution in [1.29, 1.82) is 0 Å². The number of rotatable bonds is 2. The molecule has 0 aliphatic rings. The molecule has 0 radical (unpaired) electrons. The maximum Gasteiger partial charge on any atom is 0.0369 e. The van der Waals surface area contributed by atoms with Crippen molar-refractivity contribution in [3.8, 4) is 22.3 Å². The standard InChI is InChI=1S/C38H22S2/c1-2-10-26-23(8-1)9-7-15-28(26)38-31-13-5-3-11-29(31)37(30-12-4-6-14-32(30)38)25-16-17-27-33-20-24-18-19-39-34(24)22-36(33)40-35(27)21-25/h1-22H. The van der Waals surface area contributed by atoms with Crippen LogP contribution in [0.4, 0.5) is 0 Å². The molecule has 0 atom stereocenters. The summed E-state index contributed by atoms with van der Waals surface area (Å²) < 4.78 is 4.07. The lowest BCUT2D eigenvalue weighted by Crippen LogP contribution is -1.91. The van der Waals surface area contributed by atoms with Gasteiger partial charge in [0.1, 0.15) is 0 Å². The van der Waals surface area contributed by atoms with Gasteiger partial charge in [0, 0.05) is 24.9 Å². The van der Waals surface area contributed by atoms with Crippen molar-refractivity contribution in [3.63, 3.8) is 0 Å². The Balaban J connectivity index is 1.38. The summed E-state index contributed by atoms with van der Waals surface area (Å²) in [5, 5.41) is 14.0. The van der Waals surface area contributed by atoms with Gasteiger partial charge >= 0.3 is 0 Å². The van der Waals surface area contributed by atoms with Crippen LogP contribution in [0.1, 0.15) is 0 Å². The molecule has 0 saturated carbocycles. The third-order valence-electron chi connectivity index (χ3n) is 8.33. The van der Waals surface area contributed by atoms with E-state index in [1.807, 2.05) is 22.7 Å². The Bertz CT molecular complexity index is 2370. The fourth-order valence-corrected chi connectivity index (χ4v) is 8.61. The van der Waals surface area contributed by atoms with Gasteiger partial charge in [0.2, 0.25) is 0 Å². The minimum atomic E-state index is 1.27. The Hall–Kier alpha value is -4.50. The molecule has 0 saturated heterocycles. The number of benzene rings is 7. The monoisotopic (exact) mass is 542 g/mol. The van der Waals surface area contributed by atoms with Crippen LogP contribution >= 0.6 is 22.7 Å². The Morgan fingerprint density at radius 3 is 1.80 bits per heavy atom. The van der Waals surface area contributed by atoms with Gasteiger partial charge in [-0.1, -0.05) is 103 Å². The smallest absolute Gasteiger partial charge is 0.0369 e. The Morgan fingerprint density at radius 1 is 0.375 bits per heavy atom. The van der Waals surface area contributed by atoms with Crippen molar-refractivity contribution in [1.82, 2.24) is 0 Å². The summed E-state index contributed by atoms with van der Waals surface area (Å²) >= 11 is 3.73. The third-order valence-corrected chi connectivity index (χ3v) is 10.3. The Morgan fingerprint density at radius 2 is 1.02 bits per heavy atom. The maximum absolute atomic E-state index is 2.42. The van der Waals surface area contributed by atoms with Crippen LogP contribution in [-0.2, 0) is 0 Å². The average Bonchev–Trinajstić information content (AvgIpc) is 3.61. The van der Waals surface area contributed by atoms with E-state index < -0.39 is 0 Å². The molecular weight excluding hydrogens is 521 g/mol. The van der Waals surface area contributed by atoms with E-state index in [1.54, 1.807) is 0 Å². The van der Waals surface area contributed by atoms with Crippen LogP contribution in [0.5, 0.6) is 0 Å². The summed E-state index contributed by atoms with van der Waals surface area (Å²) in [6.07, 6.45) is 0. The van der Waals surface area contributed by atoms with Gasteiger partial charge in [0.05, 0.1) is 0 Å². The summed E-state index contributed by atoms with van der Waals surface area (Å²) in [5.74, 6) is 0. The summed E-state index contributed by atoms with van der Waals surface area (Å²) in [5.41, 5.74) is 5.19. The van der Waals surface area contributed by atoms with E-state index in [9.17, 15) is 0 Å². The molecule has 7 aromatic carbocycles. The molecule has 186 valence electrons. The maximum atomic E-state index is 2.42. The zero-order valence-electron chi connectivity index (χ0n) is 21.5. The van der Waals surface area contributed by atoms with Gasteiger partial charge in [-0.2, -0.15) is 0 Å². The molecule has 2 heteroatoms. The zero-order valence-corrected chi connectivity index (χ0v) is 23.2. The molecule has 9 rings (SSSR count). The van der Waals surface area contributed by atoms with Crippen LogP contribution in [0.15, 0.2) is 133 Å². The fraction of sp³-hybridized carbons (Fsp3) is 0. The first-order valence-electron chi connectivity index (χ1n) is 13.6. The third kappa shape index (κ3) is 3.18. The lowest BCUT2D eigenvalue weighted by Gasteiger charge is -2.18. The van der Waals surface area contributed by atoms with Crippen LogP contribution in [0.3, 0.4) is 0 Å². The van der Waals surface area contributed by atoms with Gasteiger partial charge in [-0.15, -0.1) is 22.7 Å². The molecule has 2 aromatic heterocycles. The summed E-state index contributed by atoms with van der Waals surface area (Å²) in [7, 11) is 0. The zero-order chi connectivity index (χ0) is 26.2. The van der Waals surface area contributed by atoms with Crippen LogP contribution < -0.4 is 0 Å². The van der Waals surface area contributed by atoms with E-state index in [0.29, 0.717) is 0 Å². The number of thiophene rings is 2. The Labute approximate surface area is 239 Å². The van der Waals surface area contributed by atoms with Crippen LogP contribution in [0.25, 0.3) is 84.8 Å². The minimum Gasteiger partial charge on any atom is -0.144 e. The first-order valence-corrected chi connectivity index (χ1v) is 15.3. The van der Waals surface area contributed by atoms with Crippen molar-refractivity contribution in [2.75, 3.05) is 0 Å². The second-order valence-electron chi connectivity index (χ2n) is 10.5. The summed E-state index contributed by atoms with van der Waals surface area (Å²) in [6, 6.07) is 47.4. The lowest BCUT2D eigenvalue weighted by atomic mass is 9.84. The van der Waals surface area contributed by atoms with E-state index in [2.05, 4.69) is 133 Å². The molecule has 40 heavy (non-hydrogen) atoms. The molecule has 0 nitrogen and oxygen atoms in total. The quantitative estimate of drug-likeness (QED) is 0.191. The second-order valence-corrected chi connectivity index (χ2v) is 12.5. The number of hydrogen-bond acceptors (Lipinski definition) is 2. The summed E-state index contributed by atoms with van der Waals surface area (Å²) in [4.78, 5) is 0. The van der Waals surface area contributed by atoms with Crippen LogP contribution in [-0.4, -0.2) is 0 Å². The van der Waals surface area contributed by atoms with Crippen molar-refractivity contribution in [2.45, 2.75) is 0 Å². The van der Waals surface area contributed by atoms with E-state index in [1.165, 1.54) is 84.8 Å². The van der Waals surface area contributed by atoms with Gasteiger partial charge in [0.15, 0.2) is 0 Å². The van der Waals surface area contributed by atoms with Crippen LogP contribution in [0.2, 0.25) is 0 Å². The highest BCUT2D eigenvalue weighted by molar-refractivity contribution is 7.26. The van der Waals surface area contributed by atoms with Crippen molar-refractivity contribution >= 4 is 85.2 Å². The van der Waals surface area contributed by atoms with E-state index in [4.69, 9.17) is 0 Å². The van der Waals surface area contributed by atoms with E-state index >= 15 is 0 Å². The molecule has 0 aliphatic heterocycles. The first-order chi connectivity index (χ1) is 19.8. The average molecular weight is 543 g/mol. The minimum absolute atomic E-state index is 1.27. The van der Waals surface area contributed by atoms with Gasteiger partial charge in [0.25, 0.3) is 0 Å². The Kier molecular flexibility index (Phi) is 4.74. The number of hydrogen-bond donors (Lipinski definition) is 0. The highest BCUT2D eigenvalue weighted by Crippen LogP contribution is 2.46. The molecule has 0 spiro atoms. The molecule has 9 aromatic rings. The predicted octanol–water partition coefficient (Wildman–Crippen LogP) is 12.1. The highest BCUT2D eigenvalue weighted by Gasteiger charge is 2.18. The van der Waals surface area contributed by atoms with E-state index in [0.717, 1.165) is 0 Å². The lowest BCUT2D eigenvalue weighted by molar-refractivity contribution is 1.69. The molecule has 0 N–H and O–H groups in total. The molecule has 0 unspecified atom stereocenters. The SMILES string of the molecule is c1ccc2c(-c3c4ccccc4c(-c4ccc5c(c4)sc4cc6sccc6cc45)c4ccccc34)cccc2c1.